The number of hydrogen-bond donors (Lipinski definition) is 1. The van der Waals surface area contributed by atoms with Crippen LogP contribution in [0.4, 0.5) is 5.69 Å². The van der Waals surface area contributed by atoms with Gasteiger partial charge in [-0.2, -0.15) is 0 Å². The molecule has 2 fully saturated rings. The van der Waals surface area contributed by atoms with Crippen LogP contribution in [-0.4, -0.2) is 19.6 Å². The smallest absolute Gasteiger partial charge is 0.0414 e. The van der Waals surface area contributed by atoms with Gasteiger partial charge in [-0.1, -0.05) is 18.6 Å². The minimum Gasteiger partial charge on any atom is -0.371 e. The summed E-state index contributed by atoms with van der Waals surface area (Å²) in [5.74, 6) is 1.97. The van der Waals surface area contributed by atoms with Gasteiger partial charge in [0.2, 0.25) is 0 Å². The van der Waals surface area contributed by atoms with E-state index in [1.54, 1.807) is 11.1 Å². The molecule has 1 saturated carbocycles. The van der Waals surface area contributed by atoms with Crippen molar-refractivity contribution in [2.45, 2.75) is 32.2 Å². The lowest BCUT2D eigenvalue weighted by Gasteiger charge is -2.27. The van der Waals surface area contributed by atoms with Gasteiger partial charge in [0, 0.05) is 25.3 Å². The van der Waals surface area contributed by atoms with Crippen molar-refractivity contribution in [3.05, 3.63) is 29.3 Å². The van der Waals surface area contributed by atoms with Crippen molar-refractivity contribution >= 4 is 5.69 Å². The number of benzene rings is 1. The van der Waals surface area contributed by atoms with E-state index in [4.69, 9.17) is 0 Å². The lowest BCUT2D eigenvalue weighted by molar-refractivity contribution is 0.494. The van der Waals surface area contributed by atoms with Crippen molar-refractivity contribution in [2.75, 3.05) is 24.5 Å². The van der Waals surface area contributed by atoms with E-state index in [2.05, 4.69) is 28.4 Å². The normalized spacial score (nSPS) is 30.3. The van der Waals surface area contributed by atoms with Crippen molar-refractivity contribution in [1.82, 2.24) is 5.32 Å². The van der Waals surface area contributed by atoms with Gasteiger partial charge in [0.25, 0.3) is 0 Å². The maximum atomic E-state index is 3.53. The second-order valence-corrected chi connectivity index (χ2v) is 6.20. The van der Waals surface area contributed by atoms with Crippen LogP contribution in [0.5, 0.6) is 0 Å². The van der Waals surface area contributed by atoms with Gasteiger partial charge >= 0.3 is 0 Å². The first-order chi connectivity index (χ1) is 8.92. The molecule has 2 heterocycles. The van der Waals surface area contributed by atoms with Gasteiger partial charge in [-0.3, -0.25) is 0 Å². The van der Waals surface area contributed by atoms with E-state index in [9.17, 15) is 0 Å². The molecule has 0 amide bonds. The van der Waals surface area contributed by atoms with Crippen LogP contribution in [0.25, 0.3) is 0 Å². The van der Waals surface area contributed by atoms with Crippen molar-refractivity contribution < 1.29 is 0 Å². The van der Waals surface area contributed by atoms with Gasteiger partial charge < -0.3 is 10.2 Å². The molecule has 2 nitrogen and oxygen atoms in total. The second-order valence-electron chi connectivity index (χ2n) is 6.20. The van der Waals surface area contributed by atoms with E-state index >= 15 is 0 Å². The molecule has 2 heteroatoms. The summed E-state index contributed by atoms with van der Waals surface area (Å²) in [4.78, 5) is 2.67. The van der Waals surface area contributed by atoms with Crippen LogP contribution in [0.15, 0.2) is 18.2 Å². The van der Waals surface area contributed by atoms with E-state index in [1.165, 1.54) is 44.5 Å². The SMILES string of the molecule is c1cc2c(c(N3CC4CCCC4C3)c1)CNCC2. The van der Waals surface area contributed by atoms with Crippen LogP contribution < -0.4 is 10.2 Å². The van der Waals surface area contributed by atoms with Crippen LogP contribution in [0.2, 0.25) is 0 Å². The molecule has 0 aromatic heterocycles. The number of nitrogens with one attached hydrogen (secondary N) is 1. The van der Waals surface area contributed by atoms with E-state index < -0.39 is 0 Å². The molecule has 1 aliphatic carbocycles. The standard InChI is InChI=1S/C16H22N2/c1-4-13-10-18(11-14(13)5-1)16-6-2-3-12-7-8-17-9-15(12)16/h2-3,6,13-14,17H,1,4-5,7-11H2. The topological polar surface area (TPSA) is 15.3 Å². The summed E-state index contributed by atoms with van der Waals surface area (Å²) in [6.45, 7) is 4.82. The molecule has 3 aliphatic rings. The van der Waals surface area contributed by atoms with Crippen LogP contribution in [0, 0.1) is 11.8 Å². The molecule has 0 bridgehead atoms. The van der Waals surface area contributed by atoms with Crippen LogP contribution in [0.3, 0.4) is 0 Å². The van der Waals surface area contributed by atoms with Crippen molar-refractivity contribution in [2.24, 2.45) is 11.8 Å². The molecule has 1 aromatic carbocycles. The molecular weight excluding hydrogens is 220 g/mol. The Morgan fingerprint density at radius 1 is 1.11 bits per heavy atom. The van der Waals surface area contributed by atoms with Gasteiger partial charge in [0.05, 0.1) is 0 Å². The molecule has 0 spiro atoms. The third kappa shape index (κ3) is 1.66. The number of rotatable bonds is 1. The quantitative estimate of drug-likeness (QED) is 0.814. The average molecular weight is 242 g/mol. The van der Waals surface area contributed by atoms with E-state index in [1.807, 2.05) is 0 Å². The maximum absolute atomic E-state index is 3.53. The van der Waals surface area contributed by atoms with Gasteiger partial charge in [0.15, 0.2) is 0 Å². The third-order valence-corrected chi connectivity index (χ3v) is 5.19. The van der Waals surface area contributed by atoms with Gasteiger partial charge in [-0.05, 0) is 54.8 Å². The lowest BCUT2D eigenvalue weighted by Crippen LogP contribution is -2.28. The summed E-state index contributed by atoms with van der Waals surface area (Å²) >= 11 is 0. The fourth-order valence-corrected chi connectivity index (χ4v) is 4.22. The minimum absolute atomic E-state index is 0.984. The predicted molar refractivity (Wildman–Crippen MR) is 74.9 cm³/mol. The number of anilines is 1. The summed E-state index contributed by atoms with van der Waals surface area (Å²) in [6.07, 6.45) is 5.60. The summed E-state index contributed by atoms with van der Waals surface area (Å²) in [5, 5.41) is 3.53. The van der Waals surface area contributed by atoms with E-state index in [-0.39, 0.29) is 0 Å². The third-order valence-electron chi connectivity index (χ3n) is 5.19. The Morgan fingerprint density at radius 2 is 1.94 bits per heavy atom. The van der Waals surface area contributed by atoms with Crippen molar-refractivity contribution in [3.63, 3.8) is 0 Å². The molecule has 2 atom stereocenters. The van der Waals surface area contributed by atoms with Crippen molar-refractivity contribution in [3.8, 4) is 0 Å². The van der Waals surface area contributed by atoms with Gasteiger partial charge in [-0.25, -0.2) is 0 Å². The van der Waals surface area contributed by atoms with Gasteiger partial charge in [0.1, 0.15) is 0 Å². The number of fused-ring (bicyclic) bond motifs is 2. The largest absolute Gasteiger partial charge is 0.371 e. The molecule has 1 aromatic rings. The molecule has 1 saturated heterocycles. The van der Waals surface area contributed by atoms with Crippen LogP contribution >= 0.6 is 0 Å². The summed E-state index contributed by atoms with van der Waals surface area (Å²) in [5.41, 5.74) is 4.67. The van der Waals surface area contributed by atoms with E-state index in [0.29, 0.717) is 0 Å². The predicted octanol–water partition coefficient (Wildman–Crippen LogP) is 2.57. The Labute approximate surface area is 109 Å². The Bertz CT molecular complexity index is 442. The molecule has 0 radical (unpaired) electrons. The Morgan fingerprint density at radius 3 is 2.78 bits per heavy atom. The highest BCUT2D eigenvalue weighted by Crippen LogP contribution is 2.40. The van der Waals surface area contributed by atoms with E-state index in [0.717, 1.165) is 24.9 Å². The first-order valence-corrected chi connectivity index (χ1v) is 7.48. The minimum atomic E-state index is 0.984. The highest BCUT2D eigenvalue weighted by molar-refractivity contribution is 5.58. The molecule has 2 unspecified atom stereocenters. The zero-order valence-electron chi connectivity index (χ0n) is 11.0. The lowest BCUT2D eigenvalue weighted by atomic mass is 9.98. The summed E-state index contributed by atoms with van der Waals surface area (Å²) in [6, 6.07) is 6.91. The first-order valence-electron chi connectivity index (χ1n) is 7.48. The van der Waals surface area contributed by atoms with Gasteiger partial charge in [-0.15, -0.1) is 0 Å². The Balaban J connectivity index is 1.65. The summed E-state index contributed by atoms with van der Waals surface area (Å²) < 4.78 is 0. The zero-order chi connectivity index (χ0) is 11.9. The second kappa shape index (κ2) is 4.27. The number of nitrogens with zero attached hydrogens (tertiary/aromatic N) is 1. The summed E-state index contributed by atoms with van der Waals surface area (Å²) in [7, 11) is 0. The molecule has 18 heavy (non-hydrogen) atoms. The Hall–Kier alpha value is -1.02. The molecule has 1 N–H and O–H groups in total. The molecular formula is C16H22N2. The molecule has 96 valence electrons. The van der Waals surface area contributed by atoms with Crippen molar-refractivity contribution in [1.29, 1.82) is 0 Å². The Kier molecular flexibility index (Phi) is 2.58. The van der Waals surface area contributed by atoms with Crippen LogP contribution in [-0.2, 0) is 13.0 Å². The average Bonchev–Trinajstić information content (AvgIpc) is 2.99. The fraction of sp³-hybridized carbons (Fsp3) is 0.625. The van der Waals surface area contributed by atoms with Crippen LogP contribution in [0.1, 0.15) is 30.4 Å². The maximum Gasteiger partial charge on any atom is 0.0414 e. The fourth-order valence-electron chi connectivity index (χ4n) is 4.22. The number of hydrogen-bond acceptors (Lipinski definition) is 2. The first kappa shape index (κ1) is 10.9. The highest BCUT2D eigenvalue weighted by Gasteiger charge is 2.36. The molecule has 4 rings (SSSR count). The molecule has 2 aliphatic heterocycles. The zero-order valence-corrected chi connectivity index (χ0v) is 11.0. The monoisotopic (exact) mass is 242 g/mol. The highest BCUT2D eigenvalue weighted by atomic mass is 15.2.